The lowest BCUT2D eigenvalue weighted by Crippen LogP contribution is -2.44. The minimum absolute atomic E-state index is 0.441. The van der Waals surface area contributed by atoms with E-state index in [-0.39, 0.29) is 0 Å². The van der Waals surface area contributed by atoms with Crippen LogP contribution in [0.5, 0.6) is 0 Å². The number of allylic oxidation sites excluding steroid dienone is 1. The smallest absolute Gasteiger partial charge is 0.238 e. The summed E-state index contributed by atoms with van der Waals surface area (Å²) in [6.45, 7) is 0. The molecule has 20 heavy (non-hydrogen) atoms. The molecule has 0 aromatic carbocycles. The number of nitrogens with one attached hydrogen (secondary N) is 1. The molecule has 4 bridgehead atoms. The molecule has 0 aliphatic heterocycles. The van der Waals surface area contributed by atoms with Gasteiger partial charge in [-0.25, -0.2) is 5.84 Å². The van der Waals surface area contributed by atoms with E-state index in [4.69, 9.17) is 5.84 Å². The number of nitrogens with zero attached hydrogens (tertiary/aromatic N) is 3. The maximum Gasteiger partial charge on any atom is 0.238 e. The number of rotatable bonds is 3. The van der Waals surface area contributed by atoms with E-state index in [1.54, 1.807) is 0 Å². The zero-order valence-electron chi connectivity index (χ0n) is 12.0. The summed E-state index contributed by atoms with van der Waals surface area (Å²) in [6, 6.07) is 0. The van der Waals surface area contributed by atoms with E-state index in [2.05, 4.69) is 27.8 Å². The number of hydrogen-bond acceptors (Lipinski definition) is 4. The van der Waals surface area contributed by atoms with Gasteiger partial charge in [0.05, 0.1) is 0 Å². The largest absolute Gasteiger partial charge is 0.296 e. The third-order valence-electron chi connectivity index (χ3n) is 5.71. The van der Waals surface area contributed by atoms with Gasteiger partial charge in [0.1, 0.15) is 0 Å². The molecule has 0 radical (unpaired) electrons. The molecule has 1 aromatic heterocycles. The van der Waals surface area contributed by atoms with E-state index in [0.717, 1.165) is 23.6 Å². The summed E-state index contributed by atoms with van der Waals surface area (Å²) >= 11 is 0. The van der Waals surface area contributed by atoms with Crippen molar-refractivity contribution in [2.24, 2.45) is 36.1 Å². The van der Waals surface area contributed by atoms with E-state index in [0.29, 0.717) is 11.4 Å². The van der Waals surface area contributed by atoms with Gasteiger partial charge in [-0.1, -0.05) is 6.08 Å². The lowest BCUT2D eigenvalue weighted by atomic mass is 9.49. The van der Waals surface area contributed by atoms with Crippen LogP contribution in [0, 0.1) is 23.2 Å². The van der Waals surface area contributed by atoms with Gasteiger partial charge in [0, 0.05) is 7.05 Å². The average Bonchev–Trinajstić information content (AvgIpc) is 2.75. The van der Waals surface area contributed by atoms with Crippen molar-refractivity contribution in [2.75, 3.05) is 5.43 Å². The fourth-order valence-electron chi connectivity index (χ4n) is 5.25. The molecule has 1 heterocycles. The van der Waals surface area contributed by atoms with Gasteiger partial charge in [-0.3, -0.25) is 9.99 Å². The quantitative estimate of drug-likeness (QED) is 0.655. The first-order valence-electron chi connectivity index (χ1n) is 7.73. The molecule has 1 aromatic rings. The predicted octanol–water partition coefficient (Wildman–Crippen LogP) is 2.33. The maximum absolute atomic E-state index is 5.41. The molecule has 0 amide bonds. The molecule has 3 N–H and O–H groups in total. The Morgan fingerprint density at radius 1 is 1.15 bits per heavy atom. The molecule has 4 aliphatic carbocycles. The number of anilines is 1. The molecule has 108 valence electrons. The van der Waals surface area contributed by atoms with Crippen LogP contribution in [0.25, 0.3) is 6.08 Å². The Balaban J connectivity index is 1.59. The maximum atomic E-state index is 5.41. The Morgan fingerprint density at radius 3 is 2.25 bits per heavy atom. The van der Waals surface area contributed by atoms with Gasteiger partial charge in [-0.05, 0) is 67.8 Å². The second kappa shape index (κ2) is 4.32. The number of nitrogen functional groups attached to an aromatic ring is 1. The molecule has 4 aliphatic rings. The highest BCUT2D eigenvalue weighted by atomic mass is 15.4. The fraction of sp³-hybridized carbons (Fsp3) is 0.733. The van der Waals surface area contributed by atoms with Crippen molar-refractivity contribution >= 4 is 12.0 Å². The lowest BCUT2D eigenvalue weighted by Gasteiger charge is -2.55. The summed E-state index contributed by atoms with van der Waals surface area (Å²) < 4.78 is 1.90. The van der Waals surface area contributed by atoms with E-state index in [9.17, 15) is 0 Å². The Labute approximate surface area is 119 Å². The first-order chi connectivity index (χ1) is 9.67. The highest BCUT2D eigenvalue weighted by Crippen LogP contribution is 2.60. The standard InChI is InChI=1S/C15H23N5/c1-20-13(18-19-14(20)17-16)2-3-15-7-10-4-11(8-15)6-12(5-10)9-15/h2-3,10-12H,4-9,16H2,1H3,(H,17,19)/b3-2+. The van der Waals surface area contributed by atoms with E-state index >= 15 is 0 Å². The second-order valence-corrected chi connectivity index (χ2v) is 7.20. The van der Waals surface area contributed by atoms with Crippen molar-refractivity contribution < 1.29 is 0 Å². The van der Waals surface area contributed by atoms with E-state index in [1.165, 1.54) is 38.5 Å². The normalized spacial score (nSPS) is 38.8. The van der Waals surface area contributed by atoms with E-state index < -0.39 is 0 Å². The topological polar surface area (TPSA) is 68.8 Å². The molecule has 5 rings (SSSR count). The average molecular weight is 273 g/mol. The van der Waals surface area contributed by atoms with Gasteiger partial charge in [0.15, 0.2) is 5.82 Å². The predicted molar refractivity (Wildman–Crippen MR) is 78.5 cm³/mol. The zero-order chi connectivity index (χ0) is 13.7. The van der Waals surface area contributed by atoms with Crippen LogP contribution < -0.4 is 11.3 Å². The van der Waals surface area contributed by atoms with Crippen molar-refractivity contribution in [3.63, 3.8) is 0 Å². The molecular weight excluding hydrogens is 250 g/mol. The minimum atomic E-state index is 0.441. The Morgan fingerprint density at radius 2 is 1.75 bits per heavy atom. The van der Waals surface area contributed by atoms with Crippen LogP contribution in [-0.4, -0.2) is 14.8 Å². The lowest BCUT2D eigenvalue weighted by molar-refractivity contribution is -0.0233. The molecular formula is C15H23N5. The number of hydrogen-bond donors (Lipinski definition) is 2. The molecule has 0 atom stereocenters. The van der Waals surface area contributed by atoms with Gasteiger partial charge >= 0.3 is 0 Å². The third kappa shape index (κ3) is 1.87. The molecule has 4 saturated carbocycles. The van der Waals surface area contributed by atoms with E-state index in [1.807, 2.05) is 11.6 Å². The van der Waals surface area contributed by atoms with Crippen molar-refractivity contribution in [2.45, 2.75) is 38.5 Å². The van der Waals surface area contributed by atoms with Crippen LogP contribution in [0.1, 0.15) is 44.3 Å². The molecule has 0 saturated heterocycles. The first-order valence-corrected chi connectivity index (χ1v) is 7.73. The SMILES string of the molecule is Cn1c(/C=C/C23CC4CC(CC(C4)C2)C3)nnc1NN. The summed E-state index contributed by atoms with van der Waals surface area (Å²) in [5.41, 5.74) is 3.01. The van der Waals surface area contributed by atoms with Crippen molar-refractivity contribution in [1.29, 1.82) is 0 Å². The Kier molecular flexibility index (Phi) is 2.67. The van der Waals surface area contributed by atoms with Gasteiger partial charge in [0.25, 0.3) is 0 Å². The van der Waals surface area contributed by atoms with Crippen LogP contribution in [-0.2, 0) is 7.05 Å². The van der Waals surface area contributed by atoms with Crippen molar-refractivity contribution in [3.8, 4) is 0 Å². The van der Waals surface area contributed by atoms with Crippen LogP contribution in [0.2, 0.25) is 0 Å². The second-order valence-electron chi connectivity index (χ2n) is 7.20. The summed E-state index contributed by atoms with van der Waals surface area (Å²) in [6.07, 6.45) is 13.2. The molecule has 0 spiro atoms. The molecule has 4 fully saturated rings. The van der Waals surface area contributed by atoms with Crippen LogP contribution in [0.3, 0.4) is 0 Å². The number of hydrazine groups is 1. The summed E-state index contributed by atoms with van der Waals surface area (Å²) in [5.74, 6) is 9.83. The van der Waals surface area contributed by atoms with Gasteiger partial charge in [-0.2, -0.15) is 0 Å². The van der Waals surface area contributed by atoms with Crippen molar-refractivity contribution in [3.05, 3.63) is 11.9 Å². The zero-order valence-corrected chi connectivity index (χ0v) is 12.0. The summed E-state index contributed by atoms with van der Waals surface area (Å²) in [5, 5.41) is 8.21. The first kappa shape index (κ1) is 12.4. The third-order valence-corrected chi connectivity index (χ3v) is 5.71. The Hall–Kier alpha value is -1.36. The molecule has 0 unspecified atom stereocenters. The Bertz CT molecular complexity index is 509. The highest BCUT2D eigenvalue weighted by Gasteiger charge is 2.49. The number of nitrogens with two attached hydrogens (primary N) is 1. The molecule has 5 nitrogen and oxygen atoms in total. The van der Waals surface area contributed by atoms with Crippen LogP contribution in [0.4, 0.5) is 5.95 Å². The van der Waals surface area contributed by atoms with Crippen LogP contribution >= 0.6 is 0 Å². The molecule has 5 heteroatoms. The van der Waals surface area contributed by atoms with Crippen molar-refractivity contribution in [1.82, 2.24) is 14.8 Å². The number of aromatic nitrogens is 3. The van der Waals surface area contributed by atoms with Gasteiger partial charge < -0.3 is 0 Å². The van der Waals surface area contributed by atoms with Gasteiger partial charge in [-0.15, -0.1) is 10.2 Å². The van der Waals surface area contributed by atoms with Crippen LogP contribution in [0.15, 0.2) is 6.08 Å². The summed E-state index contributed by atoms with van der Waals surface area (Å²) in [7, 11) is 1.94. The fourth-order valence-corrected chi connectivity index (χ4v) is 5.25. The van der Waals surface area contributed by atoms with Gasteiger partial charge in [0.2, 0.25) is 5.95 Å². The minimum Gasteiger partial charge on any atom is -0.296 e. The highest BCUT2D eigenvalue weighted by molar-refractivity contribution is 5.45. The summed E-state index contributed by atoms with van der Waals surface area (Å²) in [4.78, 5) is 0. The monoisotopic (exact) mass is 273 g/mol.